The van der Waals surface area contributed by atoms with Crippen LogP contribution in [-0.4, -0.2) is 70.9 Å². The minimum Gasteiger partial charge on any atom is -0.342 e. The van der Waals surface area contributed by atoms with E-state index in [0.717, 1.165) is 90.4 Å². The summed E-state index contributed by atoms with van der Waals surface area (Å²) in [5, 5.41) is 3.02. The van der Waals surface area contributed by atoms with E-state index in [2.05, 4.69) is 15.1 Å². The smallest absolute Gasteiger partial charge is 0.326 e. The molecule has 7 nitrogen and oxygen atoms in total. The quantitative estimate of drug-likeness (QED) is 0.734. The van der Waals surface area contributed by atoms with Gasteiger partial charge in [0, 0.05) is 32.1 Å². The number of likely N-dealkylation sites (tertiary alicyclic amines) is 2. The van der Waals surface area contributed by atoms with Crippen LogP contribution in [0.3, 0.4) is 0 Å². The van der Waals surface area contributed by atoms with E-state index in [9.17, 15) is 14.4 Å². The van der Waals surface area contributed by atoms with Crippen LogP contribution in [0.25, 0.3) is 0 Å². The van der Waals surface area contributed by atoms with E-state index in [1.807, 2.05) is 0 Å². The molecular weight excluding hydrogens is 368 g/mol. The van der Waals surface area contributed by atoms with Gasteiger partial charge in [-0.25, -0.2) is 9.69 Å². The molecular formula is C22H36N4O3. The average Bonchev–Trinajstić information content (AvgIpc) is 3.04. The lowest BCUT2D eigenvalue weighted by atomic mass is 9.90. The number of carbonyl (C=O) groups excluding carboxylic acids is 3. The van der Waals surface area contributed by atoms with Crippen LogP contribution in [0, 0.1) is 5.92 Å². The molecule has 3 aliphatic heterocycles. The second-order valence-corrected chi connectivity index (χ2v) is 9.43. The Morgan fingerprint density at radius 2 is 1.45 bits per heavy atom. The Bertz CT molecular complexity index is 614. The summed E-state index contributed by atoms with van der Waals surface area (Å²) in [6, 6.07) is -0.236. The van der Waals surface area contributed by atoms with Gasteiger partial charge in [0.25, 0.3) is 5.91 Å². The average molecular weight is 405 g/mol. The first-order valence-corrected chi connectivity index (χ1v) is 11.7. The molecule has 3 saturated heterocycles. The number of hydrogen-bond donors (Lipinski definition) is 1. The van der Waals surface area contributed by atoms with Crippen LogP contribution in [0.5, 0.6) is 0 Å². The fraction of sp³-hybridized carbons (Fsp3) is 0.864. The highest BCUT2D eigenvalue weighted by Crippen LogP contribution is 2.33. The molecule has 7 heteroatoms. The van der Waals surface area contributed by atoms with Gasteiger partial charge < -0.3 is 10.2 Å². The highest BCUT2D eigenvalue weighted by molar-refractivity contribution is 6.07. The molecule has 1 spiro atoms. The van der Waals surface area contributed by atoms with Crippen LogP contribution in [0.1, 0.15) is 77.0 Å². The van der Waals surface area contributed by atoms with Crippen LogP contribution in [0.15, 0.2) is 0 Å². The van der Waals surface area contributed by atoms with Gasteiger partial charge in [-0.15, -0.1) is 0 Å². The van der Waals surface area contributed by atoms with Crippen molar-refractivity contribution < 1.29 is 14.4 Å². The Balaban J connectivity index is 1.29. The number of piperidine rings is 1. The lowest BCUT2D eigenvalue weighted by Crippen LogP contribution is -2.49. The van der Waals surface area contributed by atoms with Crippen molar-refractivity contribution in [1.29, 1.82) is 0 Å². The van der Waals surface area contributed by atoms with Gasteiger partial charge in [0.2, 0.25) is 5.91 Å². The molecule has 0 aromatic carbocycles. The molecule has 1 saturated carbocycles. The van der Waals surface area contributed by atoms with Gasteiger partial charge in [0.1, 0.15) is 5.54 Å². The number of urea groups is 1. The number of nitrogens with one attached hydrogen (secondary N) is 1. The van der Waals surface area contributed by atoms with Gasteiger partial charge in [-0.05, 0) is 38.5 Å². The first-order valence-electron chi connectivity index (χ1n) is 11.7. The summed E-state index contributed by atoms with van der Waals surface area (Å²) >= 11 is 0. The maximum atomic E-state index is 13.1. The molecule has 0 bridgehead atoms. The summed E-state index contributed by atoms with van der Waals surface area (Å²) < 4.78 is 0. The van der Waals surface area contributed by atoms with E-state index in [1.165, 1.54) is 17.7 Å². The number of hydrogen-bond acceptors (Lipinski definition) is 4. The monoisotopic (exact) mass is 404 g/mol. The lowest BCUT2D eigenvalue weighted by molar-refractivity contribution is -0.138. The van der Waals surface area contributed by atoms with Crippen LogP contribution >= 0.6 is 0 Å². The van der Waals surface area contributed by atoms with Crippen molar-refractivity contribution >= 4 is 17.8 Å². The zero-order valence-corrected chi connectivity index (χ0v) is 17.7. The third kappa shape index (κ3) is 4.44. The molecule has 29 heavy (non-hydrogen) atoms. The number of amides is 4. The van der Waals surface area contributed by atoms with Gasteiger partial charge in [-0.1, -0.05) is 38.5 Å². The molecule has 0 aromatic rings. The Morgan fingerprint density at radius 1 is 0.862 bits per heavy atom. The predicted molar refractivity (Wildman–Crippen MR) is 110 cm³/mol. The van der Waals surface area contributed by atoms with E-state index in [0.29, 0.717) is 12.6 Å². The predicted octanol–water partition coefficient (Wildman–Crippen LogP) is 2.70. The van der Waals surface area contributed by atoms with Crippen molar-refractivity contribution in [1.82, 2.24) is 20.0 Å². The third-order valence-electron chi connectivity index (χ3n) is 7.40. The highest BCUT2D eigenvalue weighted by atomic mass is 16.2. The maximum Gasteiger partial charge on any atom is 0.326 e. The van der Waals surface area contributed by atoms with Crippen LogP contribution in [0.2, 0.25) is 0 Å². The maximum absolute atomic E-state index is 13.1. The minimum atomic E-state index is -0.658. The summed E-state index contributed by atoms with van der Waals surface area (Å²) in [4.78, 5) is 44.2. The topological polar surface area (TPSA) is 73.0 Å². The Morgan fingerprint density at radius 3 is 2.07 bits per heavy atom. The van der Waals surface area contributed by atoms with Gasteiger partial charge in [-0.3, -0.25) is 14.5 Å². The zero-order valence-electron chi connectivity index (χ0n) is 17.7. The number of rotatable bonds is 3. The highest BCUT2D eigenvalue weighted by Gasteiger charge is 2.51. The Labute approximate surface area is 174 Å². The molecule has 1 aliphatic carbocycles. The zero-order chi connectivity index (χ0) is 20.3. The normalized spacial score (nSPS) is 27.0. The number of imide groups is 1. The Kier molecular flexibility index (Phi) is 6.42. The summed E-state index contributed by atoms with van der Waals surface area (Å²) in [5.41, 5.74) is -0.658. The SMILES string of the molecule is O=C(C1CCN(CN2C(=O)NC3(CCCCCC3)C2=O)CC1)N1CCCCCC1. The molecule has 4 amide bonds. The van der Waals surface area contributed by atoms with Gasteiger partial charge in [0.05, 0.1) is 6.67 Å². The molecule has 0 radical (unpaired) electrons. The number of nitrogens with zero attached hydrogens (tertiary/aromatic N) is 3. The fourth-order valence-electron chi connectivity index (χ4n) is 5.55. The molecule has 1 N–H and O–H groups in total. The molecule has 3 heterocycles. The molecule has 0 unspecified atom stereocenters. The Hall–Kier alpha value is -1.63. The molecule has 0 atom stereocenters. The van der Waals surface area contributed by atoms with E-state index in [-0.39, 0.29) is 17.9 Å². The van der Waals surface area contributed by atoms with Crippen molar-refractivity contribution in [3.8, 4) is 0 Å². The minimum absolute atomic E-state index is 0.0350. The summed E-state index contributed by atoms with van der Waals surface area (Å²) in [5.74, 6) is 0.381. The van der Waals surface area contributed by atoms with E-state index in [4.69, 9.17) is 0 Å². The second kappa shape index (κ2) is 9.02. The van der Waals surface area contributed by atoms with Crippen LogP contribution in [0.4, 0.5) is 4.79 Å². The summed E-state index contributed by atoms with van der Waals surface area (Å²) in [6.45, 7) is 3.72. The van der Waals surface area contributed by atoms with E-state index < -0.39 is 5.54 Å². The van der Waals surface area contributed by atoms with Gasteiger partial charge in [-0.2, -0.15) is 0 Å². The third-order valence-corrected chi connectivity index (χ3v) is 7.40. The first-order chi connectivity index (χ1) is 14.1. The molecule has 0 aromatic heterocycles. The van der Waals surface area contributed by atoms with Gasteiger partial charge >= 0.3 is 6.03 Å². The van der Waals surface area contributed by atoms with Crippen molar-refractivity contribution in [2.75, 3.05) is 32.8 Å². The molecule has 4 fully saturated rings. The second-order valence-electron chi connectivity index (χ2n) is 9.43. The van der Waals surface area contributed by atoms with Crippen molar-refractivity contribution in [2.24, 2.45) is 5.92 Å². The molecule has 4 rings (SSSR count). The van der Waals surface area contributed by atoms with Crippen molar-refractivity contribution in [3.63, 3.8) is 0 Å². The van der Waals surface area contributed by atoms with Crippen molar-refractivity contribution in [2.45, 2.75) is 82.6 Å². The summed E-state index contributed by atoms with van der Waals surface area (Å²) in [7, 11) is 0. The lowest BCUT2D eigenvalue weighted by Gasteiger charge is -2.35. The van der Waals surface area contributed by atoms with Gasteiger partial charge in [0.15, 0.2) is 0 Å². The van der Waals surface area contributed by atoms with E-state index in [1.54, 1.807) is 0 Å². The van der Waals surface area contributed by atoms with Crippen LogP contribution in [-0.2, 0) is 9.59 Å². The number of carbonyl (C=O) groups is 3. The van der Waals surface area contributed by atoms with Crippen molar-refractivity contribution in [3.05, 3.63) is 0 Å². The molecule has 162 valence electrons. The largest absolute Gasteiger partial charge is 0.342 e. The van der Waals surface area contributed by atoms with E-state index >= 15 is 0 Å². The van der Waals surface area contributed by atoms with Crippen LogP contribution < -0.4 is 5.32 Å². The fourth-order valence-corrected chi connectivity index (χ4v) is 5.55. The first kappa shape index (κ1) is 20.6. The summed E-state index contributed by atoms with van der Waals surface area (Å²) in [6.07, 6.45) is 12.2. The molecule has 4 aliphatic rings. The standard InChI is InChI=1S/C22H36N4O3/c27-19(25-13-7-3-4-8-14-25)18-9-15-24(16-10-18)17-26-20(28)22(23-21(26)29)11-5-1-2-6-12-22/h18H,1-17H2,(H,23,29).